The summed E-state index contributed by atoms with van der Waals surface area (Å²) in [6.07, 6.45) is 0.0430. The molecule has 0 unspecified atom stereocenters. The summed E-state index contributed by atoms with van der Waals surface area (Å²) in [5, 5.41) is 20.1. The Bertz CT molecular complexity index is 783. The van der Waals surface area contributed by atoms with E-state index in [-0.39, 0.29) is 29.5 Å². The fourth-order valence-electron chi connectivity index (χ4n) is 2.79. The summed E-state index contributed by atoms with van der Waals surface area (Å²) in [7, 11) is 0. The van der Waals surface area contributed by atoms with E-state index in [0.717, 1.165) is 0 Å². The molecule has 1 saturated heterocycles. The highest BCUT2D eigenvalue weighted by atomic mass is 16.6. The minimum Gasteiger partial charge on any atom is -0.419 e. The van der Waals surface area contributed by atoms with Crippen molar-refractivity contribution >= 4 is 11.6 Å². The molecule has 0 spiro atoms. The molecule has 2 aromatic rings. The van der Waals surface area contributed by atoms with Crippen LogP contribution >= 0.6 is 0 Å². The molecule has 0 bridgehead atoms. The number of aromatic nitrogens is 1. The van der Waals surface area contributed by atoms with Crippen molar-refractivity contribution in [3.05, 3.63) is 40.1 Å². The second kappa shape index (κ2) is 6.29. The lowest BCUT2D eigenvalue weighted by Gasteiger charge is -2.34. The molecule has 2 atom stereocenters. The maximum absolute atomic E-state index is 10.7. The Balaban J connectivity index is 1.93. The third kappa shape index (κ3) is 3.07. The molecule has 0 saturated carbocycles. The Morgan fingerprint density at radius 2 is 1.92 bits per heavy atom. The average Bonchev–Trinajstić information content (AvgIpc) is 2.98. The van der Waals surface area contributed by atoms with Gasteiger partial charge in [0, 0.05) is 30.8 Å². The summed E-state index contributed by atoms with van der Waals surface area (Å²) in [6.45, 7) is 5.13. The molecule has 1 fully saturated rings. The number of nitro benzene ring substituents is 1. The standard InChI is InChI=1S/C16H16N4O4/c1-10-8-19(9-11(2)23-10)16-14(7-17)18-15(24-16)12-3-5-13(6-4-12)20(21)22/h3-6,10-11H,8-9H2,1-2H3/t10-,11-/m0/s1. The predicted molar refractivity (Wildman–Crippen MR) is 85.5 cm³/mol. The molecule has 0 amide bonds. The van der Waals surface area contributed by atoms with Gasteiger partial charge in [-0.1, -0.05) is 0 Å². The van der Waals surface area contributed by atoms with Crippen LogP contribution in [-0.4, -0.2) is 35.2 Å². The summed E-state index contributed by atoms with van der Waals surface area (Å²) in [6, 6.07) is 7.91. The van der Waals surface area contributed by atoms with Gasteiger partial charge in [-0.25, -0.2) is 0 Å². The Kier molecular flexibility index (Phi) is 4.18. The number of ether oxygens (including phenoxy) is 1. The first kappa shape index (κ1) is 16.0. The fourth-order valence-corrected chi connectivity index (χ4v) is 2.79. The normalized spacial score (nSPS) is 20.6. The number of morpholine rings is 1. The Morgan fingerprint density at radius 1 is 1.29 bits per heavy atom. The maximum atomic E-state index is 10.7. The third-order valence-corrected chi connectivity index (χ3v) is 3.75. The molecule has 0 N–H and O–H groups in total. The summed E-state index contributed by atoms with van der Waals surface area (Å²) in [5.74, 6) is 0.677. The van der Waals surface area contributed by atoms with E-state index < -0.39 is 4.92 Å². The van der Waals surface area contributed by atoms with E-state index in [0.29, 0.717) is 24.5 Å². The van der Waals surface area contributed by atoms with Gasteiger partial charge >= 0.3 is 0 Å². The lowest BCUT2D eigenvalue weighted by atomic mass is 10.2. The molecule has 0 aliphatic carbocycles. The Morgan fingerprint density at radius 3 is 2.46 bits per heavy atom. The molecule has 1 aliphatic rings. The van der Waals surface area contributed by atoms with E-state index in [1.165, 1.54) is 12.1 Å². The van der Waals surface area contributed by atoms with Crippen LogP contribution in [-0.2, 0) is 4.74 Å². The summed E-state index contributed by atoms with van der Waals surface area (Å²) in [4.78, 5) is 16.4. The largest absolute Gasteiger partial charge is 0.419 e. The highest BCUT2D eigenvalue weighted by molar-refractivity contribution is 5.61. The average molecular weight is 328 g/mol. The van der Waals surface area contributed by atoms with Crippen molar-refractivity contribution in [2.45, 2.75) is 26.1 Å². The van der Waals surface area contributed by atoms with Crippen LogP contribution in [0, 0.1) is 21.4 Å². The lowest BCUT2D eigenvalue weighted by molar-refractivity contribution is -0.384. The molecular weight excluding hydrogens is 312 g/mol. The zero-order valence-electron chi connectivity index (χ0n) is 13.3. The lowest BCUT2D eigenvalue weighted by Crippen LogP contribution is -2.45. The van der Waals surface area contributed by atoms with Gasteiger partial charge in [0.05, 0.1) is 17.1 Å². The zero-order chi connectivity index (χ0) is 17.3. The molecule has 1 aliphatic heterocycles. The van der Waals surface area contributed by atoms with E-state index in [9.17, 15) is 15.4 Å². The Labute approximate surface area is 138 Å². The van der Waals surface area contributed by atoms with Crippen molar-refractivity contribution in [3.63, 3.8) is 0 Å². The number of benzene rings is 1. The third-order valence-electron chi connectivity index (χ3n) is 3.75. The molecule has 2 heterocycles. The van der Waals surface area contributed by atoms with Gasteiger partial charge in [-0.15, -0.1) is 0 Å². The van der Waals surface area contributed by atoms with Gasteiger partial charge in [-0.3, -0.25) is 10.1 Å². The van der Waals surface area contributed by atoms with Crippen molar-refractivity contribution in [2.24, 2.45) is 0 Å². The maximum Gasteiger partial charge on any atom is 0.269 e. The first-order chi connectivity index (χ1) is 11.5. The molecule has 1 aromatic carbocycles. The summed E-state index contributed by atoms with van der Waals surface area (Å²) < 4.78 is 11.5. The van der Waals surface area contributed by atoms with E-state index in [1.54, 1.807) is 12.1 Å². The molecule has 1 aromatic heterocycles. The first-order valence-electron chi connectivity index (χ1n) is 7.54. The van der Waals surface area contributed by atoms with Crippen LogP contribution in [0.25, 0.3) is 11.5 Å². The van der Waals surface area contributed by atoms with Crippen molar-refractivity contribution in [2.75, 3.05) is 18.0 Å². The van der Waals surface area contributed by atoms with Crippen LogP contribution in [0.3, 0.4) is 0 Å². The van der Waals surface area contributed by atoms with Crippen LogP contribution in [0.1, 0.15) is 19.5 Å². The van der Waals surface area contributed by atoms with Crippen LogP contribution in [0.5, 0.6) is 0 Å². The Hall–Kier alpha value is -2.92. The second-order valence-electron chi connectivity index (χ2n) is 5.75. The number of anilines is 1. The number of nitrogens with zero attached hydrogens (tertiary/aromatic N) is 4. The van der Waals surface area contributed by atoms with Gasteiger partial charge < -0.3 is 14.1 Å². The number of nitriles is 1. The van der Waals surface area contributed by atoms with Crippen molar-refractivity contribution in [1.82, 2.24) is 4.98 Å². The molecule has 124 valence electrons. The molecule has 24 heavy (non-hydrogen) atoms. The topological polar surface area (TPSA) is 105 Å². The van der Waals surface area contributed by atoms with E-state index in [2.05, 4.69) is 4.98 Å². The van der Waals surface area contributed by atoms with Crippen molar-refractivity contribution in [1.29, 1.82) is 5.26 Å². The highest BCUT2D eigenvalue weighted by Gasteiger charge is 2.28. The molecule has 3 rings (SSSR count). The smallest absolute Gasteiger partial charge is 0.269 e. The number of oxazole rings is 1. The van der Waals surface area contributed by atoms with Gasteiger partial charge in [0.2, 0.25) is 17.5 Å². The predicted octanol–water partition coefficient (Wildman–Crippen LogP) is 2.74. The monoisotopic (exact) mass is 328 g/mol. The molecular formula is C16H16N4O4. The van der Waals surface area contributed by atoms with Gasteiger partial charge in [0.1, 0.15) is 6.07 Å². The van der Waals surface area contributed by atoms with Crippen molar-refractivity contribution < 1.29 is 14.1 Å². The molecule has 8 nitrogen and oxygen atoms in total. The van der Waals surface area contributed by atoms with Gasteiger partial charge in [0.15, 0.2) is 0 Å². The van der Waals surface area contributed by atoms with Gasteiger partial charge in [-0.2, -0.15) is 10.2 Å². The fraction of sp³-hybridized carbons (Fsp3) is 0.375. The van der Waals surface area contributed by atoms with E-state index in [4.69, 9.17) is 9.15 Å². The minimum absolute atomic E-state index is 0.0122. The van der Waals surface area contributed by atoms with Crippen LogP contribution in [0.2, 0.25) is 0 Å². The first-order valence-corrected chi connectivity index (χ1v) is 7.54. The van der Waals surface area contributed by atoms with Crippen LogP contribution < -0.4 is 4.90 Å². The van der Waals surface area contributed by atoms with Crippen LogP contribution in [0.4, 0.5) is 11.6 Å². The minimum atomic E-state index is -0.470. The van der Waals surface area contributed by atoms with E-state index >= 15 is 0 Å². The SMILES string of the molecule is C[C@H]1CN(c2oc(-c3ccc([N+](=O)[O-])cc3)nc2C#N)C[C@H](C)O1. The zero-order valence-corrected chi connectivity index (χ0v) is 13.3. The van der Waals surface area contributed by atoms with Gasteiger partial charge in [-0.05, 0) is 26.0 Å². The number of non-ortho nitro benzene ring substituents is 1. The second-order valence-corrected chi connectivity index (χ2v) is 5.75. The summed E-state index contributed by atoms with van der Waals surface area (Å²) in [5.41, 5.74) is 0.768. The number of rotatable bonds is 3. The number of hydrogen-bond donors (Lipinski definition) is 0. The number of hydrogen-bond acceptors (Lipinski definition) is 7. The molecule has 8 heteroatoms. The molecule has 0 radical (unpaired) electrons. The van der Waals surface area contributed by atoms with E-state index in [1.807, 2.05) is 24.8 Å². The van der Waals surface area contributed by atoms with Gasteiger partial charge in [0.25, 0.3) is 5.69 Å². The highest BCUT2D eigenvalue weighted by Crippen LogP contribution is 2.30. The van der Waals surface area contributed by atoms with Crippen molar-refractivity contribution in [3.8, 4) is 17.5 Å². The van der Waals surface area contributed by atoms with Crippen LogP contribution in [0.15, 0.2) is 28.7 Å². The summed E-state index contributed by atoms with van der Waals surface area (Å²) >= 11 is 0. The number of nitro groups is 1. The quantitative estimate of drug-likeness (QED) is 0.630.